The van der Waals surface area contributed by atoms with Crippen molar-refractivity contribution < 1.29 is 53.4 Å². The summed E-state index contributed by atoms with van der Waals surface area (Å²) in [6.45, 7) is 0. The van der Waals surface area contributed by atoms with Crippen LogP contribution >= 0.6 is 0 Å². The van der Waals surface area contributed by atoms with Crippen molar-refractivity contribution in [2.75, 3.05) is 19.4 Å². The van der Waals surface area contributed by atoms with Crippen LogP contribution in [0.4, 0.5) is 11.4 Å². The van der Waals surface area contributed by atoms with Gasteiger partial charge in [0.1, 0.15) is 5.76 Å². The van der Waals surface area contributed by atoms with Gasteiger partial charge in [-0.15, -0.1) is 0 Å². The summed E-state index contributed by atoms with van der Waals surface area (Å²) in [7, 11) is 3.54. The second-order valence-corrected chi connectivity index (χ2v) is 12.6. The number of hydrogen-bond donors (Lipinski definition) is 4. The lowest BCUT2D eigenvalue weighted by molar-refractivity contribution is -0.256. The van der Waals surface area contributed by atoms with E-state index < -0.39 is 35.8 Å². The Balaban J connectivity index is 1.11. The van der Waals surface area contributed by atoms with Gasteiger partial charge >= 0.3 is 35.8 Å². The van der Waals surface area contributed by atoms with E-state index >= 15 is 0 Å². The predicted octanol–water partition coefficient (Wildman–Crippen LogP) is 2.49. The summed E-state index contributed by atoms with van der Waals surface area (Å²) in [5, 5.41) is 9.90. The van der Waals surface area contributed by atoms with Crippen molar-refractivity contribution in [3.8, 4) is 5.75 Å². The quantitative estimate of drug-likeness (QED) is 0.111. The minimum absolute atomic E-state index is 0.000178. The zero-order valence-electron chi connectivity index (χ0n) is 26.7. The Morgan fingerprint density at radius 2 is 1.34 bits per heavy atom. The highest BCUT2D eigenvalue weighted by Gasteiger charge is 2.58. The molecule has 0 saturated heterocycles. The van der Waals surface area contributed by atoms with Crippen molar-refractivity contribution in [1.82, 2.24) is 10.6 Å². The number of anilines is 1. The summed E-state index contributed by atoms with van der Waals surface area (Å²) in [6.07, 6.45) is 3.80. The maximum atomic E-state index is 13.3. The number of carbonyl (C=O) groups is 6. The molecule has 6 N–H and O–H groups in total. The van der Waals surface area contributed by atoms with Gasteiger partial charge in [0.15, 0.2) is 5.69 Å². The average molecular weight is 678 g/mol. The number of benzene rings is 3. The molecular formula is C36H29N4O10+. The normalized spacial score (nSPS) is 21.4. The molecule has 0 spiro atoms. The molecule has 8 rings (SSSR count). The van der Waals surface area contributed by atoms with Crippen molar-refractivity contribution in [3.05, 3.63) is 105 Å². The van der Waals surface area contributed by atoms with E-state index in [0.717, 1.165) is 24.0 Å². The van der Waals surface area contributed by atoms with Crippen molar-refractivity contribution in [2.24, 2.45) is 11.8 Å². The van der Waals surface area contributed by atoms with Crippen molar-refractivity contribution in [2.45, 2.75) is 24.9 Å². The fourth-order valence-electron chi connectivity index (χ4n) is 6.75. The number of fused-ring (bicyclic) bond motifs is 3. The predicted molar refractivity (Wildman–Crippen MR) is 172 cm³/mol. The number of rotatable bonds is 9. The Labute approximate surface area is 283 Å². The first-order valence-electron chi connectivity index (χ1n) is 15.9. The third-order valence-electron chi connectivity index (χ3n) is 9.44. The van der Waals surface area contributed by atoms with Crippen molar-refractivity contribution >= 4 is 52.8 Å². The molecule has 2 fully saturated rings. The average Bonchev–Trinajstić information content (AvgIpc) is 4.02. The van der Waals surface area contributed by atoms with Gasteiger partial charge in [-0.1, -0.05) is 0 Å². The molecule has 14 nitrogen and oxygen atoms in total. The zero-order valence-corrected chi connectivity index (χ0v) is 26.7. The largest absolute Gasteiger partial charge is 0.425 e. The Kier molecular flexibility index (Phi) is 7.17. The number of cyclic esters (lactones) is 4. The highest BCUT2D eigenvalue weighted by Crippen LogP contribution is 2.57. The molecule has 0 aromatic heterocycles. The van der Waals surface area contributed by atoms with Crippen LogP contribution in [-0.4, -0.2) is 62.0 Å². The van der Waals surface area contributed by atoms with Crippen LogP contribution in [0.25, 0.3) is 5.57 Å². The number of carbonyl (C=O) groups excluding carboxylic acids is 6. The van der Waals surface area contributed by atoms with Gasteiger partial charge in [-0.05, 0) is 79.6 Å². The summed E-state index contributed by atoms with van der Waals surface area (Å²) in [4.78, 5) is 74.5. The van der Waals surface area contributed by atoms with Crippen LogP contribution in [-0.2, 0) is 14.2 Å². The number of nitrogens with one attached hydrogen (secondary N) is 3. The van der Waals surface area contributed by atoms with Crippen LogP contribution in [0.2, 0.25) is 0 Å². The number of allylic oxidation sites excluding steroid dienone is 1. The molecule has 3 unspecified atom stereocenters. The second-order valence-electron chi connectivity index (χ2n) is 12.6. The molecule has 0 amide bonds. The number of ether oxygens (including phenoxy) is 4. The molecule has 3 aliphatic carbocycles. The van der Waals surface area contributed by atoms with E-state index in [9.17, 15) is 28.8 Å². The Morgan fingerprint density at radius 3 is 1.90 bits per heavy atom. The molecule has 3 atom stereocenters. The van der Waals surface area contributed by atoms with E-state index in [1.165, 1.54) is 36.4 Å². The van der Waals surface area contributed by atoms with Crippen LogP contribution in [0.3, 0.4) is 0 Å². The molecule has 50 heavy (non-hydrogen) atoms. The van der Waals surface area contributed by atoms with Gasteiger partial charge in [0, 0.05) is 37.0 Å². The topological polar surface area (TPSA) is 203 Å². The highest BCUT2D eigenvalue weighted by molar-refractivity contribution is 6.16. The van der Waals surface area contributed by atoms with Gasteiger partial charge in [-0.3, -0.25) is 0 Å². The second kappa shape index (κ2) is 11.5. The fraction of sp³-hybridized carbons (Fsp3) is 0.222. The minimum Gasteiger partial charge on any atom is -0.425 e. The summed E-state index contributed by atoms with van der Waals surface area (Å²) < 4.78 is 21.1. The van der Waals surface area contributed by atoms with E-state index in [4.69, 9.17) is 9.47 Å². The Hall–Kier alpha value is -6.12. The maximum absolute atomic E-state index is 13.3. The maximum Gasteiger partial charge on any atom is 0.346 e. The third kappa shape index (κ3) is 5.12. The molecule has 2 saturated carbocycles. The molecule has 2 aliphatic heterocycles. The van der Waals surface area contributed by atoms with Crippen LogP contribution in [0.1, 0.15) is 80.6 Å². The van der Waals surface area contributed by atoms with Gasteiger partial charge in [-0.2, -0.15) is 0 Å². The zero-order chi connectivity index (χ0) is 35.0. The van der Waals surface area contributed by atoms with Gasteiger partial charge in [0.25, 0.3) is 0 Å². The van der Waals surface area contributed by atoms with Gasteiger partial charge in [0.2, 0.25) is 5.75 Å². The van der Waals surface area contributed by atoms with E-state index in [-0.39, 0.29) is 63.0 Å². The highest BCUT2D eigenvalue weighted by atomic mass is 16.6. The summed E-state index contributed by atoms with van der Waals surface area (Å²) in [5.41, 5.74) is 7.92. The minimum atomic E-state index is -0.822. The van der Waals surface area contributed by atoms with Crippen LogP contribution in [0.5, 0.6) is 5.75 Å². The van der Waals surface area contributed by atoms with Crippen LogP contribution < -0.4 is 26.4 Å². The van der Waals surface area contributed by atoms with Gasteiger partial charge < -0.3 is 40.6 Å². The monoisotopic (exact) mass is 677 g/mol. The SMILES string of the molecule is CNC1=C(OC(=O)c2ccc3c(c2)C(=O)OC3=O)C2C(NC)C2C(c2cc([NH3+])c(OC(=O)c3ccc4c(c3)C(=O)OC4=O)c(NC3CC3)c2)=C1. The van der Waals surface area contributed by atoms with E-state index in [2.05, 4.69) is 31.2 Å². The molecule has 2 heterocycles. The fourth-order valence-corrected chi connectivity index (χ4v) is 6.75. The molecule has 5 aliphatic rings. The molecule has 3 aromatic rings. The molecular weight excluding hydrogens is 648 g/mol. The van der Waals surface area contributed by atoms with Gasteiger partial charge in [0.05, 0.1) is 44.8 Å². The van der Waals surface area contributed by atoms with E-state index in [0.29, 0.717) is 22.8 Å². The van der Waals surface area contributed by atoms with Crippen molar-refractivity contribution in [1.29, 1.82) is 0 Å². The Bertz CT molecular complexity index is 2180. The Morgan fingerprint density at radius 1 is 0.760 bits per heavy atom. The molecule has 14 heteroatoms. The van der Waals surface area contributed by atoms with E-state index in [1.807, 2.05) is 25.3 Å². The van der Waals surface area contributed by atoms with E-state index in [1.54, 1.807) is 7.05 Å². The molecule has 252 valence electrons. The number of hydrogen-bond acceptors (Lipinski definition) is 13. The standard InChI is InChI=1S/C36H28N4O10/c1-38-24-13-20(26-27(28(26)39-2)30(24)48-32(42)15-4-8-19-22(10-15)36(46)50-34(19)44)16-11-23(37)29(25(12-16)40-17-5-6-17)47-31(41)14-3-7-18-21(9-14)35(45)49-33(18)43/h3-4,7-13,17,26-28,38-40H,5-6,37H2,1-2H3/p+1. The first kappa shape index (κ1) is 31.2. The van der Waals surface area contributed by atoms with Crippen LogP contribution in [0, 0.1) is 11.8 Å². The molecule has 3 aromatic carbocycles. The smallest absolute Gasteiger partial charge is 0.346 e. The number of quaternary nitrogens is 1. The summed E-state index contributed by atoms with van der Waals surface area (Å²) >= 11 is 0. The lowest BCUT2D eigenvalue weighted by Gasteiger charge is -2.21. The van der Waals surface area contributed by atoms with Crippen LogP contribution in [0.15, 0.2) is 66.1 Å². The molecule has 0 radical (unpaired) electrons. The third-order valence-corrected chi connectivity index (χ3v) is 9.44. The number of esters is 6. The summed E-state index contributed by atoms with van der Waals surface area (Å²) in [6, 6.07) is 12.0. The van der Waals surface area contributed by atoms with Crippen molar-refractivity contribution in [3.63, 3.8) is 0 Å². The first-order chi connectivity index (χ1) is 24.1. The lowest BCUT2D eigenvalue weighted by Crippen LogP contribution is -2.41. The first-order valence-corrected chi connectivity index (χ1v) is 15.9. The molecule has 0 bridgehead atoms. The summed E-state index contributed by atoms with van der Waals surface area (Å²) in [5.74, 6) is -4.20. The van der Waals surface area contributed by atoms with Gasteiger partial charge in [-0.25, -0.2) is 28.8 Å². The lowest BCUT2D eigenvalue weighted by atomic mass is 9.93. The number of likely N-dealkylation sites (N-methyl/N-ethyl adjacent to an activating group) is 1.